The SMILES string of the molecule is CC(C)C(C)NC(=O)C1CCN(C(=O)C2CCN(S(=O)(=O)c3ccc(C#N)cc3)CC2)CC1. The lowest BCUT2D eigenvalue weighted by Crippen LogP contribution is -2.49. The number of nitrogens with one attached hydrogen (secondary N) is 1. The van der Waals surface area contributed by atoms with Crippen LogP contribution in [0.2, 0.25) is 0 Å². The van der Waals surface area contributed by atoms with Crippen LogP contribution in [0.4, 0.5) is 0 Å². The first kappa shape index (κ1) is 25.2. The largest absolute Gasteiger partial charge is 0.353 e. The van der Waals surface area contributed by atoms with E-state index >= 15 is 0 Å². The molecule has 2 aliphatic rings. The maximum atomic E-state index is 13.0. The smallest absolute Gasteiger partial charge is 0.243 e. The first-order valence-corrected chi connectivity index (χ1v) is 13.2. The molecule has 0 aromatic heterocycles. The van der Waals surface area contributed by atoms with Gasteiger partial charge in [-0.05, 0) is 62.8 Å². The lowest BCUT2D eigenvalue weighted by molar-refractivity contribution is -0.140. The molecule has 0 bridgehead atoms. The zero-order valence-electron chi connectivity index (χ0n) is 19.7. The Bertz CT molecular complexity index is 984. The van der Waals surface area contributed by atoms with E-state index < -0.39 is 10.0 Å². The number of nitrogens with zero attached hydrogens (tertiary/aromatic N) is 3. The first-order chi connectivity index (χ1) is 15.6. The lowest BCUT2D eigenvalue weighted by atomic mass is 9.92. The average Bonchev–Trinajstić information content (AvgIpc) is 2.83. The highest BCUT2D eigenvalue weighted by Gasteiger charge is 2.35. The number of rotatable bonds is 6. The van der Waals surface area contributed by atoms with E-state index in [4.69, 9.17) is 5.26 Å². The molecule has 2 saturated heterocycles. The summed E-state index contributed by atoms with van der Waals surface area (Å²) >= 11 is 0. The van der Waals surface area contributed by atoms with Gasteiger partial charge in [0.1, 0.15) is 0 Å². The minimum absolute atomic E-state index is 0.0605. The van der Waals surface area contributed by atoms with Gasteiger partial charge in [-0.1, -0.05) is 13.8 Å². The van der Waals surface area contributed by atoms with Gasteiger partial charge in [0.05, 0.1) is 16.5 Å². The van der Waals surface area contributed by atoms with Crippen LogP contribution in [0, 0.1) is 29.1 Å². The number of nitriles is 1. The Balaban J connectivity index is 1.49. The standard InChI is InChI=1S/C24H34N4O4S/c1-17(2)18(3)26-23(29)20-8-12-27(13-9-20)24(30)21-10-14-28(15-11-21)33(31,32)22-6-4-19(16-25)5-7-22/h4-7,17-18,20-21H,8-15H2,1-3H3,(H,26,29). The van der Waals surface area contributed by atoms with Crippen molar-refractivity contribution in [1.29, 1.82) is 5.26 Å². The van der Waals surface area contributed by atoms with E-state index in [1.54, 1.807) is 0 Å². The number of hydrogen-bond acceptors (Lipinski definition) is 5. The predicted octanol–water partition coefficient (Wildman–Crippen LogP) is 2.36. The van der Waals surface area contributed by atoms with Crippen molar-refractivity contribution in [3.8, 4) is 6.07 Å². The summed E-state index contributed by atoms with van der Waals surface area (Å²) in [6, 6.07) is 8.01. The van der Waals surface area contributed by atoms with Crippen LogP contribution in [-0.4, -0.2) is 61.7 Å². The Labute approximate surface area is 197 Å². The fourth-order valence-electron chi connectivity index (χ4n) is 4.32. The molecule has 0 saturated carbocycles. The van der Waals surface area contributed by atoms with Gasteiger partial charge in [-0.25, -0.2) is 8.42 Å². The molecule has 1 unspecified atom stereocenters. The minimum Gasteiger partial charge on any atom is -0.353 e. The number of carbonyl (C=O) groups excluding carboxylic acids is 2. The Morgan fingerprint density at radius 3 is 2.03 bits per heavy atom. The zero-order valence-corrected chi connectivity index (χ0v) is 20.5. The van der Waals surface area contributed by atoms with Gasteiger partial charge >= 0.3 is 0 Å². The van der Waals surface area contributed by atoms with Crippen molar-refractivity contribution < 1.29 is 18.0 Å². The molecule has 2 fully saturated rings. The minimum atomic E-state index is -3.64. The van der Waals surface area contributed by atoms with Crippen molar-refractivity contribution in [3.05, 3.63) is 29.8 Å². The fraction of sp³-hybridized carbons (Fsp3) is 0.625. The van der Waals surface area contributed by atoms with E-state index in [9.17, 15) is 18.0 Å². The van der Waals surface area contributed by atoms with Gasteiger partial charge in [-0.3, -0.25) is 9.59 Å². The third-order valence-corrected chi connectivity index (χ3v) is 8.88. The summed E-state index contributed by atoms with van der Waals surface area (Å²) < 4.78 is 27.2. The normalized spacial score (nSPS) is 19.8. The van der Waals surface area contributed by atoms with Crippen LogP contribution >= 0.6 is 0 Å². The Hall–Kier alpha value is -2.44. The molecule has 0 radical (unpaired) electrons. The number of amides is 2. The third kappa shape index (κ3) is 5.92. The molecule has 1 aromatic rings. The highest BCUT2D eigenvalue weighted by molar-refractivity contribution is 7.89. The van der Waals surface area contributed by atoms with Crippen LogP contribution in [0.15, 0.2) is 29.2 Å². The van der Waals surface area contributed by atoms with Crippen molar-refractivity contribution >= 4 is 21.8 Å². The second-order valence-corrected chi connectivity index (χ2v) is 11.4. The second-order valence-electron chi connectivity index (χ2n) is 9.46. The number of sulfonamides is 1. The molecule has 1 N–H and O–H groups in total. The van der Waals surface area contributed by atoms with E-state index in [0.29, 0.717) is 63.3 Å². The van der Waals surface area contributed by atoms with Crippen molar-refractivity contribution in [2.75, 3.05) is 26.2 Å². The van der Waals surface area contributed by atoms with Gasteiger partial charge in [0, 0.05) is 44.1 Å². The highest BCUT2D eigenvalue weighted by atomic mass is 32.2. The van der Waals surface area contributed by atoms with Gasteiger partial charge in [0.25, 0.3) is 0 Å². The predicted molar refractivity (Wildman–Crippen MR) is 124 cm³/mol. The molecule has 2 amide bonds. The molecule has 2 heterocycles. The van der Waals surface area contributed by atoms with E-state index in [1.165, 1.54) is 28.6 Å². The Morgan fingerprint density at radius 1 is 0.970 bits per heavy atom. The maximum Gasteiger partial charge on any atom is 0.243 e. The molecule has 0 spiro atoms. The summed E-state index contributed by atoms with van der Waals surface area (Å²) in [5.74, 6) is 0.269. The molecule has 33 heavy (non-hydrogen) atoms. The van der Waals surface area contributed by atoms with Crippen LogP contribution in [-0.2, 0) is 19.6 Å². The molecular weight excluding hydrogens is 440 g/mol. The van der Waals surface area contributed by atoms with Crippen molar-refractivity contribution in [3.63, 3.8) is 0 Å². The van der Waals surface area contributed by atoms with Gasteiger partial charge in [-0.15, -0.1) is 0 Å². The molecular formula is C24H34N4O4S. The van der Waals surface area contributed by atoms with Crippen LogP contribution in [0.25, 0.3) is 0 Å². The summed E-state index contributed by atoms with van der Waals surface area (Å²) in [5.41, 5.74) is 0.411. The topological polar surface area (TPSA) is 111 Å². The van der Waals surface area contributed by atoms with Gasteiger partial charge in [0.15, 0.2) is 0 Å². The zero-order chi connectivity index (χ0) is 24.2. The number of carbonyl (C=O) groups is 2. The first-order valence-electron chi connectivity index (χ1n) is 11.7. The lowest BCUT2D eigenvalue weighted by Gasteiger charge is -2.37. The Kier molecular flexibility index (Phi) is 8.14. The van der Waals surface area contributed by atoms with E-state index in [-0.39, 0.29) is 34.6 Å². The van der Waals surface area contributed by atoms with E-state index in [1.807, 2.05) is 17.9 Å². The van der Waals surface area contributed by atoms with Crippen molar-refractivity contribution in [1.82, 2.24) is 14.5 Å². The maximum absolute atomic E-state index is 13.0. The van der Waals surface area contributed by atoms with Crippen molar-refractivity contribution in [2.24, 2.45) is 17.8 Å². The summed E-state index contributed by atoms with van der Waals surface area (Å²) in [6.45, 7) is 7.89. The quantitative estimate of drug-likeness (QED) is 0.680. The number of benzene rings is 1. The number of piperidine rings is 2. The molecule has 8 nitrogen and oxygen atoms in total. The summed E-state index contributed by atoms with van der Waals surface area (Å²) in [5, 5.41) is 12.0. The van der Waals surface area contributed by atoms with Gasteiger partial charge in [-0.2, -0.15) is 9.57 Å². The molecule has 3 rings (SSSR count). The van der Waals surface area contributed by atoms with Gasteiger partial charge in [0.2, 0.25) is 21.8 Å². The summed E-state index contributed by atoms with van der Waals surface area (Å²) in [7, 11) is -3.64. The second kappa shape index (κ2) is 10.7. The summed E-state index contributed by atoms with van der Waals surface area (Å²) in [4.78, 5) is 27.5. The van der Waals surface area contributed by atoms with E-state index in [0.717, 1.165) is 0 Å². The third-order valence-electron chi connectivity index (χ3n) is 6.97. The molecule has 0 aliphatic carbocycles. The highest BCUT2D eigenvalue weighted by Crippen LogP contribution is 2.27. The van der Waals surface area contributed by atoms with Crippen LogP contribution in [0.3, 0.4) is 0 Å². The molecule has 1 atom stereocenters. The van der Waals surface area contributed by atoms with Crippen molar-refractivity contribution in [2.45, 2.75) is 57.4 Å². The van der Waals surface area contributed by atoms with E-state index in [2.05, 4.69) is 19.2 Å². The molecule has 9 heteroatoms. The number of likely N-dealkylation sites (tertiary alicyclic amines) is 1. The number of hydrogen-bond donors (Lipinski definition) is 1. The molecule has 2 aliphatic heterocycles. The molecule has 1 aromatic carbocycles. The average molecular weight is 475 g/mol. The molecule has 180 valence electrons. The van der Waals surface area contributed by atoms with Crippen LogP contribution in [0.1, 0.15) is 52.0 Å². The fourth-order valence-corrected chi connectivity index (χ4v) is 5.79. The van der Waals surface area contributed by atoms with Crippen LogP contribution < -0.4 is 5.32 Å². The van der Waals surface area contributed by atoms with Crippen LogP contribution in [0.5, 0.6) is 0 Å². The summed E-state index contributed by atoms with van der Waals surface area (Å²) in [6.07, 6.45) is 2.30. The van der Waals surface area contributed by atoms with Gasteiger partial charge < -0.3 is 10.2 Å². The monoisotopic (exact) mass is 474 g/mol. The Morgan fingerprint density at radius 2 is 1.52 bits per heavy atom.